The van der Waals surface area contributed by atoms with Crippen molar-refractivity contribution in [2.24, 2.45) is 0 Å². The van der Waals surface area contributed by atoms with Gasteiger partial charge in [-0.2, -0.15) is 0 Å². The summed E-state index contributed by atoms with van der Waals surface area (Å²) in [7, 11) is -1.29. The zero-order chi connectivity index (χ0) is 14.2. The van der Waals surface area contributed by atoms with Gasteiger partial charge in [0.1, 0.15) is 5.65 Å². The number of nitrogens with one attached hydrogen (secondary N) is 1. The molecule has 1 atom stereocenters. The Kier molecular flexibility index (Phi) is 3.00. The molecule has 1 N–H and O–H groups in total. The van der Waals surface area contributed by atoms with Gasteiger partial charge in [-0.15, -0.1) is 0 Å². The Bertz CT molecular complexity index is 809. The Morgan fingerprint density at radius 3 is 2.62 bits per heavy atom. The number of fused-ring (bicyclic) bond motifs is 1. The zero-order valence-electron chi connectivity index (χ0n) is 11.4. The third-order valence-corrected chi connectivity index (χ3v) is 4.76. The normalized spacial score (nSPS) is 16.0. The van der Waals surface area contributed by atoms with Crippen molar-refractivity contribution < 1.29 is 4.21 Å². The molecule has 1 aliphatic carbocycles. The largest absolute Gasteiger partial charge is 0.302 e. The van der Waals surface area contributed by atoms with Crippen LogP contribution in [-0.4, -0.2) is 13.6 Å². The third kappa shape index (κ3) is 2.34. The average molecular weight is 297 g/mol. The second-order valence-electron chi connectivity index (χ2n) is 5.23. The van der Waals surface area contributed by atoms with Crippen molar-refractivity contribution in [1.82, 2.24) is 9.38 Å². The molecule has 0 aliphatic heterocycles. The van der Waals surface area contributed by atoms with E-state index in [0.29, 0.717) is 5.92 Å². The van der Waals surface area contributed by atoms with Crippen LogP contribution in [0.1, 0.15) is 24.5 Å². The average Bonchev–Trinajstić information content (AvgIpc) is 3.29. The maximum atomic E-state index is 12.4. The number of imidazole rings is 1. The Labute approximate surface area is 125 Å². The highest BCUT2D eigenvalue weighted by molar-refractivity contribution is 7.86. The molecule has 4 nitrogen and oxygen atoms in total. The lowest BCUT2D eigenvalue weighted by molar-refractivity contribution is 0.686. The van der Waals surface area contributed by atoms with Gasteiger partial charge in [0.05, 0.1) is 10.6 Å². The first-order chi connectivity index (χ1) is 10.3. The van der Waals surface area contributed by atoms with E-state index in [-0.39, 0.29) is 0 Å². The van der Waals surface area contributed by atoms with E-state index in [4.69, 9.17) is 0 Å². The molecule has 1 saturated carbocycles. The van der Waals surface area contributed by atoms with Crippen molar-refractivity contribution in [2.45, 2.75) is 23.7 Å². The quantitative estimate of drug-likeness (QED) is 0.802. The Hall–Kier alpha value is -2.14. The fourth-order valence-corrected chi connectivity index (χ4v) is 3.38. The van der Waals surface area contributed by atoms with Crippen molar-refractivity contribution >= 4 is 22.5 Å². The van der Waals surface area contributed by atoms with Gasteiger partial charge in [-0.05, 0) is 37.1 Å². The van der Waals surface area contributed by atoms with Crippen LogP contribution in [0.4, 0.5) is 5.82 Å². The molecule has 0 bridgehead atoms. The summed E-state index contributed by atoms with van der Waals surface area (Å²) in [6.07, 6.45) is 4.37. The summed E-state index contributed by atoms with van der Waals surface area (Å²) >= 11 is 0. The van der Waals surface area contributed by atoms with Crippen molar-refractivity contribution in [1.29, 1.82) is 0 Å². The van der Waals surface area contributed by atoms with Gasteiger partial charge in [-0.25, -0.2) is 9.19 Å². The first kappa shape index (κ1) is 12.6. The van der Waals surface area contributed by atoms with E-state index in [1.165, 1.54) is 12.8 Å². The first-order valence-corrected chi connectivity index (χ1v) is 8.18. The number of anilines is 1. The molecule has 4 rings (SSSR count). The lowest BCUT2D eigenvalue weighted by Gasteiger charge is -2.06. The summed E-state index contributed by atoms with van der Waals surface area (Å²) in [6, 6.07) is 15.4. The second kappa shape index (κ2) is 5.00. The second-order valence-corrected chi connectivity index (χ2v) is 6.45. The maximum Gasteiger partial charge on any atom is 0.160 e. The van der Waals surface area contributed by atoms with Gasteiger partial charge in [0, 0.05) is 12.1 Å². The molecule has 1 fully saturated rings. The molecule has 0 saturated heterocycles. The predicted octanol–water partition coefficient (Wildman–Crippen LogP) is 3.35. The maximum absolute atomic E-state index is 12.4. The number of pyridine rings is 1. The highest BCUT2D eigenvalue weighted by Gasteiger charge is 2.31. The molecule has 0 amide bonds. The summed E-state index contributed by atoms with van der Waals surface area (Å²) in [5.41, 5.74) is 2.04. The van der Waals surface area contributed by atoms with E-state index < -0.39 is 11.0 Å². The number of hydrogen-bond acceptors (Lipinski definition) is 2. The molecule has 0 spiro atoms. The third-order valence-electron chi connectivity index (χ3n) is 3.68. The van der Waals surface area contributed by atoms with E-state index in [0.717, 1.165) is 22.1 Å². The monoisotopic (exact) mass is 297 g/mol. The minimum atomic E-state index is -1.29. The molecular weight excluding hydrogens is 282 g/mol. The van der Waals surface area contributed by atoms with Crippen molar-refractivity contribution in [3.63, 3.8) is 0 Å². The van der Waals surface area contributed by atoms with E-state index in [2.05, 4.69) is 14.1 Å². The van der Waals surface area contributed by atoms with Crippen molar-refractivity contribution in [3.8, 4) is 0 Å². The first-order valence-electron chi connectivity index (χ1n) is 7.03. The van der Waals surface area contributed by atoms with Crippen LogP contribution in [0.2, 0.25) is 0 Å². The fourth-order valence-electron chi connectivity index (χ4n) is 2.53. The number of benzene rings is 1. The molecule has 2 aromatic heterocycles. The number of nitrogens with zero attached hydrogens (tertiary/aromatic N) is 2. The van der Waals surface area contributed by atoms with Gasteiger partial charge in [-0.3, -0.25) is 4.72 Å². The van der Waals surface area contributed by atoms with Crippen LogP contribution in [0.3, 0.4) is 0 Å². The molecule has 1 aliphatic rings. The number of rotatable bonds is 4. The van der Waals surface area contributed by atoms with Crippen LogP contribution < -0.4 is 4.72 Å². The van der Waals surface area contributed by atoms with Gasteiger partial charge in [0.25, 0.3) is 0 Å². The standard InChI is InChI=1S/C16H15N3OS/c20-21(13-6-2-1-3-7-13)18-16-15(12-9-10-12)19-11-5-4-8-14(19)17-16/h1-8,11-12,18H,9-10H2. The SMILES string of the molecule is O=S(Nc1nc2ccccn2c1C1CC1)c1ccccc1. The fraction of sp³-hybridized carbons (Fsp3) is 0.188. The molecule has 5 heteroatoms. The zero-order valence-corrected chi connectivity index (χ0v) is 12.2. The van der Waals surface area contributed by atoms with E-state index in [1.807, 2.05) is 54.7 Å². The molecule has 0 radical (unpaired) electrons. The molecule has 1 unspecified atom stereocenters. The van der Waals surface area contributed by atoms with Crippen LogP contribution in [-0.2, 0) is 11.0 Å². The summed E-state index contributed by atoms with van der Waals surface area (Å²) in [4.78, 5) is 5.36. The van der Waals surface area contributed by atoms with Gasteiger partial charge in [-0.1, -0.05) is 24.3 Å². The van der Waals surface area contributed by atoms with Crippen LogP contribution in [0.5, 0.6) is 0 Å². The molecule has 3 aromatic rings. The van der Waals surface area contributed by atoms with Gasteiger partial charge < -0.3 is 4.40 Å². The number of aromatic nitrogens is 2. The van der Waals surface area contributed by atoms with Crippen LogP contribution in [0, 0.1) is 0 Å². The van der Waals surface area contributed by atoms with E-state index >= 15 is 0 Å². The van der Waals surface area contributed by atoms with Crippen molar-refractivity contribution in [3.05, 3.63) is 60.4 Å². The lowest BCUT2D eigenvalue weighted by Crippen LogP contribution is -2.07. The highest BCUT2D eigenvalue weighted by Crippen LogP contribution is 2.43. The predicted molar refractivity (Wildman–Crippen MR) is 83.6 cm³/mol. The molecule has 1 aromatic carbocycles. The Balaban J connectivity index is 1.73. The summed E-state index contributed by atoms with van der Waals surface area (Å²) in [5.74, 6) is 1.27. The topological polar surface area (TPSA) is 46.4 Å². The molecule has 106 valence electrons. The van der Waals surface area contributed by atoms with Crippen LogP contribution in [0.15, 0.2) is 59.6 Å². The Morgan fingerprint density at radius 2 is 1.86 bits per heavy atom. The van der Waals surface area contributed by atoms with Crippen LogP contribution in [0.25, 0.3) is 5.65 Å². The van der Waals surface area contributed by atoms with Gasteiger partial charge in [0.15, 0.2) is 16.8 Å². The van der Waals surface area contributed by atoms with Crippen LogP contribution >= 0.6 is 0 Å². The minimum Gasteiger partial charge on any atom is -0.302 e. The smallest absolute Gasteiger partial charge is 0.160 e. The number of hydrogen-bond donors (Lipinski definition) is 1. The van der Waals surface area contributed by atoms with E-state index in [1.54, 1.807) is 0 Å². The van der Waals surface area contributed by atoms with Gasteiger partial charge in [0.2, 0.25) is 0 Å². The summed E-state index contributed by atoms with van der Waals surface area (Å²) in [6.45, 7) is 0. The molecule has 21 heavy (non-hydrogen) atoms. The highest BCUT2D eigenvalue weighted by atomic mass is 32.2. The Morgan fingerprint density at radius 1 is 1.10 bits per heavy atom. The summed E-state index contributed by atoms with van der Waals surface area (Å²) < 4.78 is 17.6. The van der Waals surface area contributed by atoms with Gasteiger partial charge >= 0.3 is 0 Å². The molecular formula is C16H15N3OS. The lowest BCUT2D eigenvalue weighted by atomic mass is 10.3. The molecule has 2 heterocycles. The summed E-state index contributed by atoms with van der Waals surface area (Å²) in [5, 5.41) is 0. The van der Waals surface area contributed by atoms with E-state index in [9.17, 15) is 4.21 Å². The van der Waals surface area contributed by atoms with Crippen molar-refractivity contribution in [2.75, 3.05) is 4.72 Å². The minimum absolute atomic E-state index is 0.526.